The van der Waals surface area contributed by atoms with Crippen LogP contribution in [0.25, 0.3) is 10.9 Å². The molecule has 3 heterocycles. The summed E-state index contributed by atoms with van der Waals surface area (Å²) < 4.78 is 43.7. The predicted octanol–water partition coefficient (Wildman–Crippen LogP) is 2.70. The number of nitrogens with one attached hydrogen (secondary N) is 1. The summed E-state index contributed by atoms with van der Waals surface area (Å²) in [6.07, 6.45) is 3.20. The third-order valence-corrected chi connectivity index (χ3v) is 7.23. The maximum absolute atomic E-state index is 14.0. The molecule has 2 aromatic rings. The minimum atomic E-state index is -3.07. The highest BCUT2D eigenvalue weighted by Gasteiger charge is 2.46. The minimum absolute atomic E-state index is 0.0358. The molecular weight excluding hydrogens is 369 g/mol. The summed E-state index contributed by atoms with van der Waals surface area (Å²) in [6.45, 7) is 2.23. The van der Waals surface area contributed by atoms with E-state index in [1.165, 1.54) is 18.3 Å². The van der Waals surface area contributed by atoms with Gasteiger partial charge in [-0.15, -0.1) is 0 Å². The number of fused-ring (bicyclic) bond motifs is 1. The average Bonchev–Trinajstić information content (AvgIpc) is 2.89. The first-order valence-corrected chi connectivity index (χ1v) is 10.7. The number of pyridine rings is 1. The lowest BCUT2D eigenvalue weighted by molar-refractivity contribution is -0.0631. The number of anilines is 1. The molecule has 2 aliphatic rings. The van der Waals surface area contributed by atoms with Crippen molar-refractivity contribution < 1.29 is 17.5 Å². The smallest absolute Gasteiger partial charge is 0.153 e. The molecule has 0 saturated carbocycles. The van der Waals surface area contributed by atoms with Crippen LogP contribution in [0.15, 0.2) is 18.3 Å². The van der Waals surface area contributed by atoms with Gasteiger partial charge in [-0.3, -0.25) is 4.98 Å². The summed E-state index contributed by atoms with van der Waals surface area (Å²) >= 11 is 0. The van der Waals surface area contributed by atoms with Gasteiger partial charge in [0.25, 0.3) is 0 Å². The molecule has 27 heavy (non-hydrogen) atoms. The maximum atomic E-state index is 14.0. The highest BCUT2D eigenvalue weighted by atomic mass is 32.2. The van der Waals surface area contributed by atoms with Crippen LogP contribution in [-0.4, -0.2) is 43.2 Å². The van der Waals surface area contributed by atoms with Crippen LogP contribution in [-0.2, 0) is 14.6 Å². The molecule has 1 aromatic heterocycles. The highest BCUT2D eigenvalue weighted by Crippen LogP contribution is 2.38. The minimum Gasteiger partial charge on any atom is -0.380 e. The number of nitriles is 1. The van der Waals surface area contributed by atoms with E-state index in [1.54, 1.807) is 6.92 Å². The van der Waals surface area contributed by atoms with Crippen molar-refractivity contribution in [3.05, 3.63) is 35.3 Å². The zero-order valence-corrected chi connectivity index (χ0v) is 15.8. The van der Waals surface area contributed by atoms with Crippen LogP contribution in [0.1, 0.15) is 30.4 Å². The second-order valence-electron chi connectivity index (χ2n) is 7.49. The number of aromatic nitrogens is 1. The molecule has 2 atom stereocenters. The van der Waals surface area contributed by atoms with E-state index < -0.39 is 15.4 Å². The average molecular weight is 389 g/mol. The molecule has 1 aromatic carbocycles. The summed E-state index contributed by atoms with van der Waals surface area (Å²) in [6, 6.07) is 4.85. The van der Waals surface area contributed by atoms with Crippen LogP contribution >= 0.6 is 0 Å². The Morgan fingerprint density at radius 3 is 2.96 bits per heavy atom. The van der Waals surface area contributed by atoms with E-state index in [1.807, 2.05) is 0 Å². The fourth-order valence-electron chi connectivity index (χ4n) is 4.19. The monoisotopic (exact) mass is 389 g/mol. The summed E-state index contributed by atoms with van der Waals surface area (Å²) in [5, 5.41) is 13.4. The van der Waals surface area contributed by atoms with Gasteiger partial charge in [-0.05, 0) is 43.9 Å². The van der Waals surface area contributed by atoms with Gasteiger partial charge in [0.05, 0.1) is 33.9 Å². The van der Waals surface area contributed by atoms with Crippen molar-refractivity contribution in [3.8, 4) is 6.07 Å². The summed E-state index contributed by atoms with van der Waals surface area (Å²) in [5.41, 5.74) is 1.57. The molecule has 2 fully saturated rings. The van der Waals surface area contributed by atoms with E-state index in [-0.39, 0.29) is 23.4 Å². The molecule has 0 amide bonds. The second-order valence-corrected chi connectivity index (χ2v) is 9.67. The Hall–Kier alpha value is -2.24. The molecule has 6 nitrogen and oxygen atoms in total. The lowest BCUT2D eigenvalue weighted by Crippen LogP contribution is -2.45. The molecule has 142 valence electrons. The van der Waals surface area contributed by atoms with Crippen molar-refractivity contribution in [1.29, 1.82) is 5.26 Å². The van der Waals surface area contributed by atoms with Crippen LogP contribution in [0.5, 0.6) is 0 Å². The van der Waals surface area contributed by atoms with Gasteiger partial charge in [0.2, 0.25) is 0 Å². The molecule has 2 aliphatic heterocycles. The van der Waals surface area contributed by atoms with Gasteiger partial charge in [-0.2, -0.15) is 5.26 Å². The van der Waals surface area contributed by atoms with Gasteiger partial charge in [0, 0.05) is 24.2 Å². The van der Waals surface area contributed by atoms with E-state index in [4.69, 9.17) is 4.74 Å². The van der Waals surface area contributed by atoms with E-state index in [2.05, 4.69) is 16.4 Å². The molecule has 0 aliphatic carbocycles. The van der Waals surface area contributed by atoms with Gasteiger partial charge in [0.1, 0.15) is 11.9 Å². The number of hydrogen-bond acceptors (Lipinski definition) is 6. The zero-order chi connectivity index (χ0) is 19.2. The van der Waals surface area contributed by atoms with Crippen molar-refractivity contribution in [1.82, 2.24) is 4.98 Å². The molecular formula is C19H20FN3O3S. The number of ether oxygens (including phenoxy) is 1. The summed E-state index contributed by atoms with van der Waals surface area (Å²) in [7, 11) is -3.07. The normalized spacial score (nSPS) is 26.9. The van der Waals surface area contributed by atoms with Gasteiger partial charge < -0.3 is 10.1 Å². The van der Waals surface area contributed by atoms with E-state index in [9.17, 15) is 18.1 Å². The van der Waals surface area contributed by atoms with Crippen molar-refractivity contribution in [2.75, 3.05) is 23.4 Å². The van der Waals surface area contributed by atoms with E-state index >= 15 is 0 Å². The Bertz CT molecular complexity index is 1060. The Labute approximate surface area is 157 Å². The molecule has 0 radical (unpaired) electrons. The maximum Gasteiger partial charge on any atom is 0.153 e. The Balaban J connectivity index is 1.70. The molecule has 0 unspecified atom stereocenters. The van der Waals surface area contributed by atoms with E-state index in [0.29, 0.717) is 53.6 Å². The van der Waals surface area contributed by atoms with E-state index in [0.717, 1.165) is 0 Å². The number of hydrogen-bond donors (Lipinski definition) is 1. The van der Waals surface area contributed by atoms with Crippen LogP contribution < -0.4 is 5.32 Å². The summed E-state index contributed by atoms with van der Waals surface area (Å²) in [4.78, 5) is 4.30. The lowest BCUT2D eigenvalue weighted by Gasteiger charge is -2.38. The third-order valence-electron chi connectivity index (χ3n) is 5.44. The Morgan fingerprint density at radius 1 is 1.44 bits per heavy atom. The molecule has 0 bridgehead atoms. The number of rotatable bonds is 2. The summed E-state index contributed by atoms with van der Waals surface area (Å²) in [5.74, 6) is -0.204. The predicted molar refractivity (Wildman–Crippen MR) is 99.8 cm³/mol. The number of aryl methyl sites for hydroxylation is 1. The van der Waals surface area contributed by atoms with Crippen LogP contribution in [0.4, 0.5) is 10.1 Å². The quantitative estimate of drug-likeness (QED) is 0.849. The first-order chi connectivity index (χ1) is 12.8. The molecule has 1 N–H and O–H groups in total. The highest BCUT2D eigenvalue weighted by molar-refractivity contribution is 7.91. The van der Waals surface area contributed by atoms with Crippen LogP contribution in [0.3, 0.4) is 0 Å². The van der Waals surface area contributed by atoms with Gasteiger partial charge >= 0.3 is 0 Å². The van der Waals surface area contributed by atoms with Gasteiger partial charge in [-0.1, -0.05) is 0 Å². The molecule has 2 saturated heterocycles. The van der Waals surface area contributed by atoms with Crippen molar-refractivity contribution in [2.24, 2.45) is 0 Å². The lowest BCUT2D eigenvalue weighted by atomic mass is 9.89. The zero-order valence-electron chi connectivity index (χ0n) is 15.0. The largest absolute Gasteiger partial charge is 0.380 e. The van der Waals surface area contributed by atoms with Crippen LogP contribution in [0.2, 0.25) is 0 Å². The third kappa shape index (κ3) is 3.37. The van der Waals surface area contributed by atoms with Crippen molar-refractivity contribution >= 4 is 26.4 Å². The molecule has 4 rings (SSSR count). The molecule has 1 spiro atoms. The fraction of sp³-hybridized carbons (Fsp3) is 0.474. The SMILES string of the molecule is Cc1cc(F)cc2c(N[C@@H]3CCO[C@@]4(CCS(=O)(=O)C4)C3)c(C#N)cnc12. The topological polar surface area (TPSA) is 92.1 Å². The number of halogens is 1. The second kappa shape index (κ2) is 6.43. The fourth-order valence-corrected chi connectivity index (χ4v) is 6.17. The van der Waals surface area contributed by atoms with Gasteiger partial charge in [-0.25, -0.2) is 12.8 Å². The van der Waals surface area contributed by atoms with Crippen molar-refractivity contribution in [2.45, 2.75) is 37.8 Å². The van der Waals surface area contributed by atoms with Crippen molar-refractivity contribution in [3.63, 3.8) is 0 Å². The number of benzene rings is 1. The molecule has 8 heteroatoms. The Morgan fingerprint density at radius 2 is 2.26 bits per heavy atom. The number of sulfone groups is 1. The first-order valence-electron chi connectivity index (χ1n) is 8.91. The Kier molecular flexibility index (Phi) is 4.32. The van der Waals surface area contributed by atoms with Gasteiger partial charge in [0.15, 0.2) is 9.84 Å². The first kappa shape index (κ1) is 18.1. The van der Waals surface area contributed by atoms with Crippen LogP contribution in [0, 0.1) is 24.1 Å². The number of nitrogens with zero attached hydrogens (tertiary/aromatic N) is 2. The standard InChI is InChI=1S/C19H20FN3O3S/c1-12-6-14(20)7-16-17(12)22-10-13(9-21)18(16)23-15-2-4-26-19(8-15)3-5-27(24,25)11-19/h6-7,10,15H,2-5,8,11H2,1H3,(H,22,23)/t15-,19+/m1/s1.